The Labute approximate surface area is 124 Å². The highest BCUT2D eigenvalue weighted by atomic mass is 32.1. The molecule has 2 heterocycles. The molecule has 1 amide bonds. The maximum absolute atomic E-state index is 12.7. The SMILES string of the molecule is C[C@H]1CCc2sc(C(=O)N3C[C@@H](C)O[C@@H](C)C3)cc2C1. The molecule has 0 spiro atoms. The van der Waals surface area contributed by atoms with Gasteiger partial charge in [-0.15, -0.1) is 11.3 Å². The molecule has 1 aromatic heterocycles. The van der Waals surface area contributed by atoms with E-state index in [2.05, 4.69) is 13.0 Å². The van der Waals surface area contributed by atoms with E-state index in [1.54, 1.807) is 11.3 Å². The van der Waals surface area contributed by atoms with E-state index in [0.29, 0.717) is 13.1 Å². The average Bonchev–Trinajstić information content (AvgIpc) is 2.79. The lowest BCUT2D eigenvalue weighted by Gasteiger charge is -2.35. The van der Waals surface area contributed by atoms with Crippen molar-refractivity contribution in [3.63, 3.8) is 0 Å². The molecule has 1 fully saturated rings. The normalized spacial score (nSPS) is 30.1. The molecule has 3 nitrogen and oxygen atoms in total. The van der Waals surface area contributed by atoms with Crippen LogP contribution in [0.3, 0.4) is 0 Å². The number of aryl methyl sites for hydroxylation is 1. The minimum atomic E-state index is 0.136. The molecule has 2 aliphatic rings. The molecule has 4 heteroatoms. The lowest BCUT2D eigenvalue weighted by Crippen LogP contribution is -2.48. The highest BCUT2D eigenvalue weighted by Crippen LogP contribution is 2.33. The summed E-state index contributed by atoms with van der Waals surface area (Å²) in [4.78, 5) is 17.0. The summed E-state index contributed by atoms with van der Waals surface area (Å²) in [6, 6.07) is 2.14. The second-order valence-electron chi connectivity index (χ2n) is 6.37. The summed E-state index contributed by atoms with van der Waals surface area (Å²) in [5.74, 6) is 0.947. The fraction of sp³-hybridized carbons (Fsp3) is 0.688. The highest BCUT2D eigenvalue weighted by molar-refractivity contribution is 7.14. The van der Waals surface area contributed by atoms with E-state index in [0.717, 1.165) is 23.6 Å². The Morgan fingerprint density at radius 2 is 2.00 bits per heavy atom. The van der Waals surface area contributed by atoms with E-state index in [9.17, 15) is 4.79 Å². The van der Waals surface area contributed by atoms with Crippen LogP contribution in [0, 0.1) is 5.92 Å². The van der Waals surface area contributed by atoms with Crippen LogP contribution in [0.4, 0.5) is 0 Å². The largest absolute Gasteiger partial charge is 0.372 e. The third-order valence-electron chi connectivity index (χ3n) is 4.25. The Morgan fingerprint density at radius 1 is 1.30 bits per heavy atom. The van der Waals surface area contributed by atoms with Crippen molar-refractivity contribution in [1.82, 2.24) is 4.90 Å². The quantitative estimate of drug-likeness (QED) is 0.796. The number of carbonyl (C=O) groups excluding carboxylic acids is 1. The van der Waals surface area contributed by atoms with Crippen molar-refractivity contribution >= 4 is 17.2 Å². The van der Waals surface area contributed by atoms with Crippen molar-refractivity contribution in [1.29, 1.82) is 0 Å². The summed E-state index contributed by atoms with van der Waals surface area (Å²) in [6.07, 6.45) is 3.81. The van der Waals surface area contributed by atoms with Crippen LogP contribution in [0.15, 0.2) is 6.07 Å². The molecule has 0 saturated carbocycles. The Balaban J connectivity index is 1.77. The Morgan fingerprint density at radius 3 is 2.70 bits per heavy atom. The van der Waals surface area contributed by atoms with Crippen molar-refractivity contribution in [3.05, 3.63) is 21.4 Å². The number of morpholine rings is 1. The second-order valence-corrected chi connectivity index (χ2v) is 7.51. The number of amides is 1. The smallest absolute Gasteiger partial charge is 0.264 e. The molecule has 20 heavy (non-hydrogen) atoms. The molecule has 0 unspecified atom stereocenters. The summed E-state index contributed by atoms with van der Waals surface area (Å²) >= 11 is 1.71. The monoisotopic (exact) mass is 293 g/mol. The number of ether oxygens (including phenoxy) is 1. The topological polar surface area (TPSA) is 29.5 Å². The van der Waals surface area contributed by atoms with E-state index in [4.69, 9.17) is 4.74 Å². The summed E-state index contributed by atoms with van der Waals surface area (Å²) in [6.45, 7) is 7.80. The van der Waals surface area contributed by atoms with Gasteiger partial charge >= 0.3 is 0 Å². The standard InChI is InChI=1S/C16H23NO2S/c1-10-4-5-14-13(6-10)7-15(20-14)16(18)17-8-11(2)19-12(3)9-17/h7,10-12H,4-6,8-9H2,1-3H3/t10-,11-,12+/m0/s1. The lowest BCUT2D eigenvalue weighted by atomic mass is 9.90. The van der Waals surface area contributed by atoms with Gasteiger partial charge in [-0.1, -0.05) is 6.92 Å². The Hall–Kier alpha value is -0.870. The van der Waals surface area contributed by atoms with E-state index >= 15 is 0 Å². The molecule has 0 radical (unpaired) electrons. The second kappa shape index (κ2) is 5.49. The van der Waals surface area contributed by atoms with Crippen molar-refractivity contribution in [2.24, 2.45) is 5.92 Å². The molecular weight excluding hydrogens is 270 g/mol. The molecule has 1 aromatic rings. The molecule has 3 rings (SSSR count). The van der Waals surface area contributed by atoms with Crippen LogP contribution < -0.4 is 0 Å². The fourth-order valence-electron chi connectivity index (χ4n) is 3.31. The Kier molecular flexibility index (Phi) is 3.87. The number of hydrogen-bond acceptors (Lipinski definition) is 3. The number of rotatable bonds is 1. The van der Waals surface area contributed by atoms with E-state index < -0.39 is 0 Å². The van der Waals surface area contributed by atoms with Crippen molar-refractivity contribution in [2.75, 3.05) is 13.1 Å². The van der Waals surface area contributed by atoms with Crippen LogP contribution in [-0.4, -0.2) is 36.1 Å². The zero-order valence-corrected chi connectivity index (χ0v) is 13.3. The van der Waals surface area contributed by atoms with Gasteiger partial charge in [-0.3, -0.25) is 4.79 Å². The summed E-state index contributed by atoms with van der Waals surface area (Å²) < 4.78 is 5.71. The first-order chi connectivity index (χ1) is 9.52. The molecule has 110 valence electrons. The van der Waals surface area contributed by atoms with Gasteiger partial charge in [0.2, 0.25) is 0 Å². The first kappa shape index (κ1) is 14.1. The first-order valence-corrected chi connectivity index (χ1v) is 8.41. The highest BCUT2D eigenvalue weighted by Gasteiger charge is 2.28. The number of carbonyl (C=O) groups is 1. The molecule has 0 N–H and O–H groups in total. The lowest BCUT2D eigenvalue weighted by molar-refractivity contribution is -0.0585. The van der Waals surface area contributed by atoms with Gasteiger partial charge in [0.15, 0.2) is 0 Å². The van der Waals surface area contributed by atoms with Crippen molar-refractivity contribution in [3.8, 4) is 0 Å². The third kappa shape index (κ3) is 2.77. The molecule has 1 aliphatic heterocycles. The first-order valence-electron chi connectivity index (χ1n) is 7.59. The van der Waals surface area contributed by atoms with Gasteiger partial charge in [0.05, 0.1) is 17.1 Å². The number of fused-ring (bicyclic) bond motifs is 1. The predicted molar refractivity (Wildman–Crippen MR) is 81.4 cm³/mol. The van der Waals surface area contributed by atoms with Gasteiger partial charge in [-0.05, 0) is 50.7 Å². The minimum Gasteiger partial charge on any atom is -0.372 e. The number of thiophene rings is 1. The molecule has 3 atom stereocenters. The molecule has 0 aromatic carbocycles. The van der Waals surface area contributed by atoms with Crippen molar-refractivity contribution < 1.29 is 9.53 Å². The molecule has 0 bridgehead atoms. The number of nitrogens with zero attached hydrogens (tertiary/aromatic N) is 1. The maximum atomic E-state index is 12.7. The van der Waals surface area contributed by atoms with Gasteiger partial charge in [0.1, 0.15) is 0 Å². The van der Waals surface area contributed by atoms with Crippen LogP contribution >= 0.6 is 11.3 Å². The van der Waals surface area contributed by atoms with Crippen LogP contribution in [0.25, 0.3) is 0 Å². The molecule has 1 aliphatic carbocycles. The van der Waals surface area contributed by atoms with Gasteiger partial charge in [0, 0.05) is 18.0 Å². The van der Waals surface area contributed by atoms with Gasteiger partial charge in [-0.2, -0.15) is 0 Å². The van der Waals surface area contributed by atoms with Crippen LogP contribution in [0.5, 0.6) is 0 Å². The van der Waals surface area contributed by atoms with E-state index in [1.165, 1.54) is 16.9 Å². The molecular formula is C16H23NO2S. The van der Waals surface area contributed by atoms with Crippen LogP contribution in [0.2, 0.25) is 0 Å². The van der Waals surface area contributed by atoms with Gasteiger partial charge in [-0.25, -0.2) is 0 Å². The summed E-state index contributed by atoms with van der Waals surface area (Å²) in [5, 5.41) is 0. The maximum Gasteiger partial charge on any atom is 0.264 e. The van der Waals surface area contributed by atoms with Gasteiger partial charge < -0.3 is 9.64 Å². The fourth-order valence-corrected chi connectivity index (χ4v) is 4.49. The molecule has 1 saturated heterocycles. The number of hydrogen-bond donors (Lipinski definition) is 0. The summed E-state index contributed by atoms with van der Waals surface area (Å²) in [5.41, 5.74) is 1.41. The third-order valence-corrected chi connectivity index (χ3v) is 5.47. The van der Waals surface area contributed by atoms with Crippen LogP contribution in [-0.2, 0) is 17.6 Å². The zero-order valence-electron chi connectivity index (χ0n) is 12.5. The summed E-state index contributed by atoms with van der Waals surface area (Å²) in [7, 11) is 0. The van der Waals surface area contributed by atoms with E-state index in [-0.39, 0.29) is 18.1 Å². The van der Waals surface area contributed by atoms with E-state index in [1.807, 2.05) is 18.7 Å². The zero-order chi connectivity index (χ0) is 14.3. The average molecular weight is 293 g/mol. The van der Waals surface area contributed by atoms with Gasteiger partial charge in [0.25, 0.3) is 5.91 Å². The Bertz CT molecular complexity index is 501. The minimum absolute atomic E-state index is 0.136. The predicted octanol–water partition coefficient (Wildman–Crippen LogP) is 3.12. The van der Waals surface area contributed by atoms with Crippen molar-refractivity contribution in [2.45, 2.75) is 52.2 Å². The van der Waals surface area contributed by atoms with Crippen LogP contribution in [0.1, 0.15) is 47.3 Å².